The van der Waals surface area contributed by atoms with Crippen molar-refractivity contribution in [2.24, 2.45) is 0 Å². The minimum atomic E-state index is -0.0687. The van der Waals surface area contributed by atoms with Gasteiger partial charge in [-0.2, -0.15) is 0 Å². The van der Waals surface area contributed by atoms with Gasteiger partial charge in [-0.15, -0.1) is 11.3 Å². The van der Waals surface area contributed by atoms with Crippen molar-refractivity contribution in [1.82, 2.24) is 15.2 Å². The third kappa shape index (κ3) is 4.21. The summed E-state index contributed by atoms with van der Waals surface area (Å²) >= 11 is 1.57. The first kappa shape index (κ1) is 16.3. The highest BCUT2D eigenvalue weighted by atomic mass is 32.1. The first-order chi connectivity index (χ1) is 10.6. The van der Waals surface area contributed by atoms with E-state index in [9.17, 15) is 4.79 Å². The standard InChI is InChI=1S/C16H21N3O2S/c1-4-9-19(2)16(20)17-10-13-11-22-15(18-13)12-5-7-14(21-3)8-6-12/h5-8,11H,4,9-10H2,1-3H3,(H,17,20). The number of thiazole rings is 1. The van der Waals surface area contributed by atoms with E-state index in [1.165, 1.54) is 0 Å². The second-order valence-corrected chi connectivity index (χ2v) is 5.81. The number of carbonyl (C=O) groups is 1. The summed E-state index contributed by atoms with van der Waals surface area (Å²) in [5.74, 6) is 0.826. The number of amides is 2. The van der Waals surface area contributed by atoms with Crippen LogP contribution >= 0.6 is 11.3 Å². The van der Waals surface area contributed by atoms with Crippen molar-refractivity contribution in [1.29, 1.82) is 0 Å². The normalized spacial score (nSPS) is 10.3. The fourth-order valence-electron chi connectivity index (χ4n) is 1.99. The summed E-state index contributed by atoms with van der Waals surface area (Å²) in [6.45, 7) is 3.24. The molecule has 1 aromatic heterocycles. The van der Waals surface area contributed by atoms with Gasteiger partial charge in [0.25, 0.3) is 0 Å². The van der Waals surface area contributed by atoms with Crippen LogP contribution in [0.3, 0.4) is 0 Å². The van der Waals surface area contributed by atoms with E-state index in [1.807, 2.05) is 36.6 Å². The highest BCUT2D eigenvalue weighted by molar-refractivity contribution is 7.13. The maximum atomic E-state index is 11.8. The van der Waals surface area contributed by atoms with Crippen molar-refractivity contribution in [2.45, 2.75) is 19.9 Å². The fraction of sp³-hybridized carbons (Fsp3) is 0.375. The zero-order chi connectivity index (χ0) is 15.9. The van der Waals surface area contributed by atoms with Crippen LogP contribution in [0.1, 0.15) is 19.0 Å². The molecule has 2 amide bonds. The number of hydrogen-bond donors (Lipinski definition) is 1. The maximum absolute atomic E-state index is 11.8. The number of benzene rings is 1. The van der Waals surface area contributed by atoms with Crippen LogP contribution in [-0.4, -0.2) is 36.6 Å². The predicted octanol–water partition coefficient (Wildman–Crippen LogP) is 3.37. The van der Waals surface area contributed by atoms with E-state index < -0.39 is 0 Å². The Morgan fingerprint density at radius 2 is 2.09 bits per heavy atom. The summed E-state index contributed by atoms with van der Waals surface area (Å²) in [6.07, 6.45) is 0.947. The molecule has 22 heavy (non-hydrogen) atoms. The molecule has 2 aromatic rings. The lowest BCUT2D eigenvalue weighted by Crippen LogP contribution is -2.37. The molecular weight excluding hydrogens is 298 g/mol. The van der Waals surface area contributed by atoms with Gasteiger partial charge in [0, 0.05) is 24.5 Å². The van der Waals surface area contributed by atoms with E-state index in [-0.39, 0.29) is 6.03 Å². The van der Waals surface area contributed by atoms with Crippen LogP contribution in [0.15, 0.2) is 29.6 Å². The summed E-state index contributed by atoms with van der Waals surface area (Å²) in [4.78, 5) is 18.1. The summed E-state index contributed by atoms with van der Waals surface area (Å²) in [6, 6.07) is 7.72. The number of carbonyl (C=O) groups excluding carboxylic acids is 1. The smallest absolute Gasteiger partial charge is 0.317 e. The number of nitrogens with zero attached hydrogens (tertiary/aromatic N) is 2. The molecule has 0 bridgehead atoms. The molecule has 0 saturated heterocycles. The molecule has 0 aliphatic heterocycles. The molecular formula is C16H21N3O2S. The maximum Gasteiger partial charge on any atom is 0.317 e. The Kier molecular flexibility index (Phi) is 5.77. The number of aromatic nitrogens is 1. The molecule has 0 saturated carbocycles. The fourth-order valence-corrected chi connectivity index (χ4v) is 2.82. The Morgan fingerprint density at radius 3 is 2.73 bits per heavy atom. The van der Waals surface area contributed by atoms with Crippen LogP contribution < -0.4 is 10.1 Å². The molecule has 0 fully saturated rings. The van der Waals surface area contributed by atoms with Gasteiger partial charge >= 0.3 is 6.03 Å². The lowest BCUT2D eigenvalue weighted by atomic mass is 10.2. The number of rotatable bonds is 6. The lowest BCUT2D eigenvalue weighted by Gasteiger charge is -2.16. The number of methoxy groups -OCH3 is 1. The largest absolute Gasteiger partial charge is 0.497 e. The molecule has 6 heteroatoms. The minimum Gasteiger partial charge on any atom is -0.497 e. The molecule has 0 aliphatic rings. The van der Waals surface area contributed by atoms with Crippen molar-refractivity contribution in [3.05, 3.63) is 35.3 Å². The van der Waals surface area contributed by atoms with Gasteiger partial charge in [0.15, 0.2) is 0 Å². The summed E-state index contributed by atoms with van der Waals surface area (Å²) in [5.41, 5.74) is 1.92. The topological polar surface area (TPSA) is 54.5 Å². The average molecular weight is 319 g/mol. The Morgan fingerprint density at radius 1 is 1.36 bits per heavy atom. The van der Waals surface area contributed by atoms with E-state index in [2.05, 4.69) is 10.3 Å². The van der Waals surface area contributed by atoms with E-state index in [0.717, 1.165) is 35.0 Å². The van der Waals surface area contributed by atoms with Gasteiger partial charge < -0.3 is 15.0 Å². The van der Waals surface area contributed by atoms with Gasteiger partial charge in [0.1, 0.15) is 10.8 Å². The molecule has 0 radical (unpaired) electrons. The number of hydrogen-bond acceptors (Lipinski definition) is 4. The number of ether oxygens (including phenoxy) is 1. The lowest BCUT2D eigenvalue weighted by molar-refractivity contribution is 0.208. The molecule has 5 nitrogen and oxygen atoms in total. The molecule has 2 rings (SSSR count). The van der Waals surface area contributed by atoms with Crippen LogP contribution in [0.2, 0.25) is 0 Å². The van der Waals surface area contributed by atoms with Crippen molar-refractivity contribution in [2.75, 3.05) is 20.7 Å². The van der Waals surface area contributed by atoms with E-state index in [4.69, 9.17) is 4.74 Å². The Bertz CT molecular complexity index is 610. The zero-order valence-corrected chi connectivity index (χ0v) is 13.9. The van der Waals surface area contributed by atoms with Gasteiger partial charge in [0.2, 0.25) is 0 Å². The van der Waals surface area contributed by atoms with Gasteiger partial charge in [-0.05, 0) is 30.7 Å². The minimum absolute atomic E-state index is 0.0687. The summed E-state index contributed by atoms with van der Waals surface area (Å²) in [7, 11) is 3.44. The second kappa shape index (κ2) is 7.79. The van der Waals surface area contributed by atoms with Crippen LogP contribution in [0.5, 0.6) is 5.75 Å². The molecule has 0 spiro atoms. The third-order valence-electron chi connectivity index (χ3n) is 3.22. The third-order valence-corrected chi connectivity index (χ3v) is 4.16. The molecule has 118 valence electrons. The van der Waals surface area contributed by atoms with Gasteiger partial charge in [-0.25, -0.2) is 9.78 Å². The highest BCUT2D eigenvalue weighted by Gasteiger charge is 2.09. The highest BCUT2D eigenvalue weighted by Crippen LogP contribution is 2.25. The summed E-state index contributed by atoms with van der Waals surface area (Å²) in [5, 5.41) is 5.79. The summed E-state index contributed by atoms with van der Waals surface area (Å²) < 4.78 is 5.15. The first-order valence-corrected chi connectivity index (χ1v) is 8.09. The van der Waals surface area contributed by atoms with E-state index in [1.54, 1.807) is 30.4 Å². The van der Waals surface area contributed by atoms with Gasteiger partial charge in [0.05, 0.1) is 19.3 Å². The average Bonchev–Trinajstić information content (AvgIpc) is 3.02. The molecule has 1 N–H and O–H groups in total. The van der Waals surface area contributed by atoms with Crippen molar-refractivity contribution in [3.63, 3.8) is 0 Å². The molecule has 0 aliphatic carbocycles. The van der Waals surface area contributed by atoms with Crippen LogP contribution in [0.25, 0.3) is 10.6 Å². The molecule has 1 heterocycles. The van der Waals surface area contributed by atoms with Crippen LogP contribution in [0.4, 0.5) is 4.79 Å². The van der Waals surface area contributed by atoms with Crippen molar-refractivity contribution >= 4 is 17.4 Å². The first-order valence-electron chi connectivity index (χ1n) is 7.21. The monoisotopic (exact) mass is 319 g/mol. The quantitative estimate of drug-likeness (QED) is 0.888. The van der Waals surface area contributed by atoms with Crippen molar-refractivity contribution in [3.8, 4) is 16.3 Å². The Labute approximate surface area is 134 Å². The van der Waals surface area contributed by atoms with Gasteiger partial charge in [-0.1, -0.05) is 6.92 Å². The Balaban J connectivity index is 1.95. The van der Waals surface area contributed by atoms with Crippen molar-refractivity contribution < 1.29 is 9.53 Å². The van der Waals surface area contributed by atoms with E-state index in [0.29, 0.717) is 6.54 Å². The molecule has 0 atom stereocenters. The zero-order valence-electron chi connectivity index (χ0n) is 13.1. The Hall–Kier alpha value is -2.08. The SMILES string of the molecule is CCCN(C)C(=O)NCc1csc(-c2ccc(OC)cc2)n1. The number of urea groups is 1. The molecule has 0 unspecified atom stereocenters. The van der Waals surface area contributed by atoms with Gasteiger partial charge in [-0.3, -0.25) is 0 Å². The van der Waals surface area contributed by atoms with E-state index >= 15 is 0 Å². The van der Waals surface area contributed by atoms with Crippen LogP contribution in [0, 0.1) is 0 Å². The molecule has 1 aromatic carbocycles. The predicted molar refractivity (Wildman–Crippen MR) is 89.3 cm³/mol. The number of nitrogens with one attached hydrogen (secondary N) is 1. The van der Waals surface area contributed by atoms with Crippen LogP contribution in [-0.2, 0) is 6.54 Å². The second-order valence-electron chi connectivity index (χ2n) is 4.95.